The minimum atomic E-state index is -0.851. The Kier molecular flexibility index (Phi) is 4.19. The Bertz CT molecular complexity index is 1020. The van der Waals surface area contributed by atoms with E-state index < -0.39 is 12.0 Å². The summed E-state index contributed by atoms with van der Waals surface area (Å²) in [5, 5.41) is 4.24. The molecule has 2 saturated heterocycles. The zero-order valence-corrected chi connectivity index (χ0v) is 16.1. The third-order valence-corrected chi connectivity index (χ3v) is 6.24. The molecular weight excluding hydrogens is 396 g/mol. The van der Waals surface area contributed by atoms with Gasteiger partial charge in [0.2, 0.25) is 5.91 Å². The van der Waals surface area contributed by atoms with Gasteiger partial charge in [-0.05, 0) is 47.8 Å². The minimum absolute atomic E-state index is 0.240. The normalized spacial score (nSPS) is 24.1. The fourth-order valence-electron chi connectivity index (χ4n) is 3.81. The molecule has 3 aromatic rings. The van der Waals surface area contributed by atoms with Crippen LogP contribution in [0.3, 0.4) is 0 Å². The van der Waals surface area contributed by atoms with Gasteiger partial charge in [-0.3, -0.25) is 14.4 Å². The molecule has 5 rings (SSSR count). The highest BCUT2D eigenvalue weighted by molar-refractivity contribution is 7.10. The van der Waals surface area contributed by atoms with Crippen LogP contribution in [0.1, 0.15) is 10.9 Å². The molecule has 2 fully saturated rings. The second-order valence-corrected chi connectivity index (χ2v) is 8.08. The number of anilines is 2. The summed E-state index contributed by atoms with van der Waals surface area (Å²) in [4.78, 5) is 34.7. The van der Waals surface area contributed by atoms with E-state index in [1.807, 2.05) is 47.8 Å². The zero-order chi connectivity index (χ0) is 19.3. The molecule has 7 heteroatoms. The Labute approximate surface area is 170 Å². The monoisotopic (exact) mass is 410 g/mol. The molecule has 5 nitrogen and oxygen atoms in total. The van der Waals surface area contributed by atoms with Crippen LogP contribution < -0.4 is 9.96 Å². The van der Waals surface area contributed by atoms with Crippen molar-refractivity contribution in [3.8, 4) is 0 Å². The number of hydrogen-bond donors (Lipinski definition) is 0. The van der Waals surface area contributed by atoms with E-state index >= 15 is 0 Å². The molecule has 0 N–H and O–H groups in total. The van der Waals surface area contributed by atoms with Gasteiger partial charge in [0, 0.05) is 9.90 Å². The van der Waals surface area contributed by atoms with E-state index in [4.69, 9.17) is 16.4 Å². The lowest BCUT2D eigenvalue weighted by molar-refractivity contribution is -0.126. The number of thiophene rings is 1. The molecule has 3 atom stereocenters. The molecule has 140 valence electrons. The van der Waals surface area contributed by atoms with E-state index in [1.165, 1.54) is 4.90 Å². The number of benzene rings is 2. The van der Waals surface area contributed by atoms with Crippen molar-refractivity contribution in [3.05, 3.63) is 82.0 Å². The first-order valence-electron chi connectivity index (χ1n) is 8.83. The topological polar surface area (TPSA) is 49.9 Å². The number of hydrogen-bond acceptors (Lipinski definition) is 5. The maximum atomic E-state index is 13.3. The van der Waals surface area contributed by atoms with Gasteiger partial charge in [-0.2, -0.15) is 0 Å². The molecule has 0 aliphatic carbocycles. The Morgan fingerprint density at radius 2 is 1.61 bits per heavy atom. The number of carbonyl (C=O) groups is 2. The van der Waals surface area contributed by atoms with Crippen LogP contribution in [0.4, 0.5) is 11.4 Å². The highest BCUT2D eigenvalue weighted by Crippen LogP contribution is 2.48. The Morgan fingerprint density at radius 1 is 0.857 bits per heavy atom. The van der Waals surface area contributed by atoms with Gasteiger partial charge in [0.1, 0.15) is 12.0 Å². The van der Waals surface area contributed by atoms with Gasteiger partial charge in [-0.15, -0.1) is 11.3 Å². The average Bonchev–Trinajstić information content (AvgIpc) is 3.41. The van der Waals surface area contributed by atoms with Crippen molar-refractivity contribution in [3.63, 3.8) is 0 Å². The van der Waals surface area contributed by atoms with Crippen molar-refractivity contribution in [1.82, 2.24) is 0 Å². The van der Waals surface area contributed by atoms with Crippen molar-refractivity contribution in [2.75, 3.05) is 9.96 Å². The lowest BCUT2D eigenvalue weighted by Crippen LogP contribution is -2.37. The highest BCUT2D eigenvalue weighted by Gasteiger charge is 2.60. The second kappa shape index (κ2) is 6.74. The maximum Gasteiger partial charge on any atom is 0.266 e. The molecule has 28 heavy (non-hydrogen) atoms. The van der Waals surface area contributed by atoms with Crippen LogP contribution in [0.2, 0.25) is 5.02 Å². The summed E-state index contributed by atoms with van der Waals surface area (Å²) >= 11 is 7.55. The molecule has 2 aliphatic heterocycles. The molecule has 0 bridgehead atoms. The van der Waals surface area contributed by atoms with Crippen LogP contribution in [0.5, 0.6) is 0 Å². The van der Waals surface area contributed by atoms with E-state index in [0.29, 0.717) is 10.7 Å². The molecule has 2 aliphatic rings. The molecular formula is C21H15ClN2O3S. The van der Waals surface area contributed by atoms with Crippen molar-refractivity contribution in [1.29, 1.82) is 0 Å². The smallest absolute Gasteiger partial charge is 0.266 e. The summed E-state index contributed by atoms with van der Waals surface area (Å²) in [6, 6.07) is 19.7. The van der Waals surface area contributed by atoms with Crippen LogP contribution >= 0.6 is 22.9 Å². The van der Waals surface area contributed by atoms with Gasteiger partial charge in [0.25, 0.3) is 5.91 Å². The SMILES string of the molecule is O=C1[C@@H]2[C@H](ON(c3ccc(Cl)cc3)[C@H]2c2cccs2)C(=O)N1c1ccccc1. The number of para-hydroxylation sites is 1. The van der Waals surface area contributed by atoms with E-state index in [1.54, 1.807) is 40.7 Å². The van der Waals surface area contributed by atoms with Crippen LogP contribution in [-0.2, 0) is 14.4 Å². The Balaban J connectivity index is 1.57. The summed E-state index contributed by atoms with van der Waals surface area (Å²) in [5.74, 6) is -1.18. The predicted octanol–water partition coefficient (Wildman–Crippen LogP) is 4.45. The van der Waals surface area contributed by atoms with Gasteiger partial charge in [0.15, 0.2) is 6.10 Å². The van der Waals surface area contributed by atoms with Crippen LogP contribution in [0, 0.1) is 5.92 Å². The molecule has 0 radical (unpaired) electrons. The molecule has 2 amide bonds. The van der Waals surface area contributed by atoms with Gasteiger partial charge < -0.3 is 0 Å². The Hall–Kier alpha value is -2.67. The first-order chi connectivity index (χ1) is 13.6. The first kappa shape index (κ1) is 17.4. The molecule has 0 unspecified atom stereocenters. The van der Waals surface area contributed by atoms with Gasteiger partial charge >= 0.3 is 0 Å². The van der Waals surface area contributed by atoms with Gasteiger partial charge in [-0.25, -0.2) is 9.96 Å². The Morgan fingerprint density at radius 3 is 2.29 bits per heavy atom. The molecule has 1 aromatic heterocycles. The second-order valence-electron chi connectivity index (χ2n) is 6.66. The fraction of sp³-hybridized carbons (Fsp3) is 0.143. The number of amides is 2. The van der Waals surface area contributed by atoms with E-state index in [9.17, 15) is 9.59 Å². The lowest BCUT2D eigenvalue weighted by atomic mass is 9.95. The third kappa shape index (κ3) is 2.64. The maximum absolute atomic E-state index is 13.3. The van der Waals surface area contributed by atoms with Gasteiger partial charge in [-0.1, -0.05) is 35.9 Å². The van der Waals surface area contributed by atoms with Crippen LogP contribution in [0.25, 0.3) is 0 Å². The minimum Gasteiger partial charge on any atom is -0.273 e. The van der Waals surface area contributed by atoms with Crippen molar-refractivity contribution < 1.29 is 14.4 Å². The average molecular weight is 411 g/mol. The quantitative estimate of drug-likeness (QED) is 0.598. The fourth-order valence-corrected chi connectivity index (χ4v) is 4.79. The predicted molar refractivity (Wildman–Crippen MR) is 108 cm³/mol. The molecule has 2 aromatic carbocycles. The zero-order valence-electron chi connectivity index (χ0n) is 14.6. The summed E-state index contributed by atoms with van der Waals surface area (Å²) < 4.78 is 0. The summed E-state index contributed by atoms with van der Waals surface area (Å²) in [6.45, 7) is 0. The number of carbonyl (C=O) groups excluding carboxylic acids is 2. The van der Waals surface area contributed by atoms with Crippen LogP contribution in [0.15, 0.2) is 72.1 Å². The van der Waals surface area contributed by atoms with Crippen molar-refractivity contribution in [2.45, 2.75) is 12.1 Å². The van der Waals surface area contributed by atoms with E-state index in [0.717, 1.165) is 10.6 Å². The first-order valence-corrected chi connectivity index (χ1v) is 10.1. The van der Waals surface area contributed by atoms with E-state index in [-0.39, 0.29) is 17.9 Å². The van der Waals surface area contributed by atoms with Gasteiger partial charge in [0.05, 0.1) is 11.4 Å². The summed E-state index contributed by atoms with van der Waals surface area (Å²) in [7, 11) is 0. The molecule has 0 saturated carbocycles. The molecule has 3 heterocycles. The van der Waals surface area contributed by atoms with Crippen LogP contribution in [-0.4, -0.2) is 17.9 Å². The number of nitrogens with zero attached hydrogens (tertiary/aromatic N) is 2. The number of rotatable bonds is 3. The largest absolute Gasteiger partial charge is 0.273 e. The summed E-state index contributed by atoms with van der Waals surface area (Å²) in [6.07, 6.45) is -0.851. The standard InChI is InChI=1S/C21H15ClN2O3S/c22-13-8-10-15(11-9-13)24-18(16-7-4-12-28-16)17-19(27-24)21(26)23(20(17)25)14-5-2-1-3-6-14/h1-12,17-19H/t17-,18-,19-/m0/s1. The van der Waals surface area contributed by atoms with E-state index in [2.05, 4.69) is 0 Å². The number of halogens is 1. The lowest BCUT2D eigenvalue weighted by Gasteiger charge is -2.27. The number of fused-ring (bicyclic) bond motifs is 1. The highest BCUT2D eigenvalue weighted by atomic mass is 35.5. The number of imide groups is 1. The molecule has 0 spiro atoms. The summed E-state index contributed by atoms with van der Waals surface area (Å²) in [5.41, 5.74) is 1.32. The van der Waals surface area contributed by atoms with Crippen molar-refractivity contribution in [2.24, 2.45) is 5.92 Å². The van der Waals surface area contributed by atoms with Crippen molar-refractivity contribution >= 4 is 46.1 Å². The number of hydroxylamine groups is 1. The third-order valence-electron chi connectivity index (χ3n) is 5.05.